The summed E-state index contributed by atoms with van der Waals surface area (Å²) in [6.07, 6.45) is 0. The lowest BCUT2D eigenvalue weighted by molar-refractivity contribution is -0.136. The molecule has 0 saturated heterocycles. The molecule has 0 fully saturated rings. The first kappa shape index (κ1) is 16.2. The number of hydrogen-bond donors (Lipinski definition) is 2. The van der Waals surface area contributed by atoms with Gasteiger partial charge in [0.15, 0.2) is 0 Å². The van der Waals surface area contributed by atoms with Crippen LogP contribution in [0.3, 0.4) is 0 Å². The van der Waals surface area contributed by atoms with E-state index in [4.69, 9.17) is 5.73 Å². The Bertz CT molecular complexity index is 480. The van der Waals surface area contributed by atoms with E-state index in [-0.39, 0.29) is 5.91 Å². The van der Waals surface area contributed by atoms with Gasteiger partial charge in [-0.3, -0.25) is 9.59 Å². The number of nitrogens with one attached hydrogen (secondary N) is 1. The Morgan fingerprint density at radius 3 is 2.25 bits per heavy atom. The number of amides is 2. The largest absolute Gasteiger partial charge is 0.366 e. The van der Waals surface area contributed by atoms with Gasteiger partial charge >= 0.3 is 0 Å². The maximum atomic E-state index is 12.3. The van der Waals surface area contributed by atoms with E-state index in [9.17, 15) is 9.59 Å². The van der Waals surface area contributed by atoms with Crippen LogP contribution in [0.15, 0.2) is 24.3 Å². The van der Waals surface area contributed by atoms with Gasteiger partial charge in [-0.15, -0.1) is 0 Å². The maximum Gasteiger partial charge on any atom is 0.248 e. The van der Waals surface area contributed by atoms with Crippen LogP contribution in [0.4, 0.5) is 0 Å². The molecule has 0 heterocycles. The summed E-state index contributed by atoms with van der Waals surface area (Å²) in [4.78, 5) is 25.0. The number of carbonyl (C=O) groups is 2. The van der Waals surface area contributed by atoms with Crippen LogP contribution in [-0.4, -0.2) is 35.8 Å². The Morgan fingerprint density at radius 2 is 1.80 bits per heavy atom. The molecule has 5 heteroatoms. The van der Waals surface area contributed by atoms with Gasteiger partial charge < -0.3 is 16.0 Å². The van der Waals surface area contributed by atoms with E-state index in [1.54, 1.807) is 24.1 Å². The van der Waals surface area contributed by atoms with Crippen molar-refractivity contribution in [3.63, 3.8) is 0 Å². The van der Waals surface area contributed by atoms with E-state index in [0.717, 1.165) is 12.1 Å². The average Bonchev–Trinajstić information content (AvgIpc) is 2.38. The highest BCUT2D eigenvalue weighted by molar-refractivity contribution is 5.92. The van der Waals surface area contributed by atoms with Crippen molar-refractivity contribution in [2.24, 2.45) is 5.73 Å². The zero-order chi connectivity index (χ0) is 15.3. The number of nitrogens with two attached hydrogens (primary N) is 1. The molecule has 1 aromatic rings. The molecule has 5 nitrogen and oxygen atoms in total. The molecule has 0 aliphatic carbocycles. The van der Waals surface area contributed by atoms with Crippen molar-refractivity contribution in [2.75, 3.05) is 13.6 Å². The Morgan fingerprint density at radius 1 is 1.25 bits per heavy atom. The zero-order valence-corrected chi connectivity index (χ0v) is 12.6. The molecule has 1 rings (SSSR count). The number of nitrogens with zero attached hydrogens (tertiary/aromatic N) is 1. The second kappa shape index (κ2) is 6.52. The first-order valence-electron chi connectivity index (χ1n) is 6.67. The van der Waals surface area contributed by atoms with E-state index >= 15 is 0 Å². The van der Waals surface area contributed by atoms with Crippen LogP contribution in [0, 0.1) is 0 Å². The fraction of sp³-hybridized carbons (Fsp3) is 0.467. The van der Waals surface area contributed by atoms with Crippen LogP contribution in [0.5, 0.6) is 0 Å². The average molecular weight is 277 g/mol. The lowest BCUT2D eigenvalue weighted by Crippen LogP contribution is -2.52. The van der Waals surface area contributed by atoms with Crippen LogP contribution < -0.4 is 11.1 Å². The summed E-state index contributed by atoms with van der Waals surface area (Å²) in [7, 11) is 1.77. The van der Waals surface area contributed by atoms with E-state index in [0.29, 0.717) is 12.1 Å². The Hall–Kier alpha value is -1.88. The van der Waals surface area contributed by atoms with Gasteiger partial charge in [0.2, 0.25) is 11.8 Å². The smallest absolute Gasteiger partial charge is 0.248 e. The highest BCUT2D eigenvalue weighted by Crippen LogP contribution is 2.11. The standard InChI is InChI=1S/C15H23N3O2/c1-5-17-15(2,3)14(20)18(4)10-11-6-8-12(9-7-11)13(16)19/h6-9,17H,5,10H2,1-4H3,(H2,16,19). The van der Waals surface area contributed by atoms with Crippen molar-refractivity contribution in [3.8, 4) is 0 Å². The predicted molar refractivity (Wildman–Crippen MR) is 79.2 cm³/mol. The van der Waals surface area contributed by atoms with Gasteiger partial charge in [0.05, 0.1) is 5.54 Å². The summed E-state index contributed by atoms with van der Waals surface area (Å²) in [6, 6.07) is 6.96. The molecule has 0 unspecified atom stereocenters. The van der Waals surface area contributed by atoms with Crippen LogP contribution in [0.25, 0.3) is 0 Å². The van der Waals surface area contributed by atoms with Crippen molar-refractivity contribution in [3.05, 3.63) is 35.4 Å². The number of likely N-dealkylation sites (N-methyl/N-ethyl adjacent to an activating group) is 2. The molecule has 0 aliphatic rings. The summed E-state index contributed by atoms with van der Waals surface area (Å²) in [5.74, 6) is -0.424. The topological polar surface area (TPSA) is 75.4 Å². The lowest BCUT2D eigenvalue weighted by Gasteiger charge is -2.30. The van der Waals surface area contributed by atoms with Crippen LogP contribution in [0.1, 0.15) is 36.7 Å². The van der Waals surface area contributed by atoms with Crippen LogP contribution >= 0.6 is 0 Å². The quantitative estimate of drug-likeness (QED) is 0.818. The van der Waals surface area contributed by atoms with E-state index in [1.807, 2.05) is 32.9 Å². The molecule has 0 bridgehead atoms. The van der Waals surface area contributed by atoms with Crippen LogP contribution in [-0.2, 0) is 11.3 Å². The first-order chi connectivity index (χ1) is 9.27. The molecule has 0 spiro atoms. The summed E-state index contributed by atoms with van der Waals surface area (Å²) >= 11 is 0. The fourth-order valence-electron chi connectivity index (χ4n) is 2.11. The minimum Gasteiger partial charge on any atom is -0.366 e. The SMILES string of the molecule is CCNC(C)(C)C(=O)N(C)Cc1ccc(C(N)=O)cc1. The molecule has 1 aromatic carbocycles. The number of carbonyl (C=O) groups excluding carboxylic acids is 2. The van der Waals surface area contributed by atoms with Gasteiger partial charge in [-0.25, -0.2) is 0 Å². The van der Waals surface area contributed by atoms with Gasteiger partial charge in [-0.05, 0) is 38.1 Å². The molecule has 2 amide bonds. The molecule has 110 valence electrons. The third-order valence-electron chi connectivity index (χ3n) is 3.16. The molecular weight excluding hydrogens is 254 g/mol. The van der Waals surface area contributed by atoms with Crippen molar-refractivity contribution in [1.29, 1.82) is 0 Å². The predicted octanol–water partition coefficient (Wildman–Crippen LogP) is 1.13. The van der Waals surface area contributed by atoms with E-state index in [2.05, 4.69) is 5.32 Å². The Kier molecular flexibility index (Phi) is 5.27. The number of benzene rings is 1. The molecule has 0 radical (unpaired) electrons. The summed E-state index contributed by atoms with van der Waals surface area (Å²) in [6.45, 7) is 6.93. The second-order valence-corrected chi connectivity index (χ2v) is 5.38. The summed E-state index contributed by atoms with van der Waals surface area (Å²) < 4.78 is 0. The lowest BCUT2D eigenvalue weighted by atomic mass is 10.0. The Labute approximate surface area is 120 Å². The molecule has 0 aromatic heterocycles. The third kappa shape index (κ3) is 4.06. The minimum atomic E-state index is -0.587. The van der Waals surface area contributed by atoms with Crippen LogP contribution in [0.2, 0.25) is 0 Å². The highest BCUT2D eigenvalue weighted by Gasteiger charge is 2.29. The minimum absolute atomic E-state index is 0.0262. The monoisotopic (exact) mass is 277 g/mol. The molecule has 0 aliphatic heterocycles. The Balaban J connectivity index is 2.72. The van der Waals surface area contributed by atoms with E-state index in [1.165, 1.54) is 0 Å². The number of primary amides is 1. The molecular formula is C15H23N3O2. The molecule has 20 heavy (non-hydrogen) atoms. The van der Waals surface area contributed by atoms with Gasteiger partial charge in [0.25, 0.3) is 0 Å². The second-order valence-electron chi connectivity index (χ2n) is 5.38. The van der Waals surface area contributed by atoms with Crippen molar-refractivity contribution < 1.29 is 9.59 Å². The normalized spacial score (nSPS) is 11.2. The summed E-state index contributed by atoms with van der Waals surface area (Å²) in [5.41, 5.74) is 6.03. The van der Waals surface area contributed by atoms with Crippen molar-refractivity contribution in [1.82, 2.24) is 10.2 Å². The molecule has 3 N–H and O–H groups in total. The highest BCUT2D eigenvalue weighted by atomic mass is 16.2. The maximum absolute atomic E-state index is 12.3. The van der Waals surface area contributed by atoms with Gasteiger partial charge in [-0.1, -0.05) is 19.1 Å². The van der Waals surface area contributed by atoms with Gasteiger partial charge in [0.1, 0.15) is 0 Å². The van der Waals surface area contributed by atoms with Gasteiger partial charge in [-0.2, -0.15) is 0 Å². The molecule has 0 atom stereocenters. The first-order valence-corrected chi connectivity index (χ1v) is 6.67. The summed E-state index contributed by atoms with van der Waals surface area (Å²) in [5, 5.41) is 3.16. The van der Waals surface area contributed by atoms with Gasteiger partial charge in [0, 0.05) is 19.2 Å². The molecule has 0 saturated carbocycles. The van der Waals surface area contributed by atoms with E-state index < -0.39 is 11.4 Å². The third-order valence-corrected chi connectivity index (χ3v) is 3.16. The van der Waals surface area contributed by atoms with Crippen molar-refractivity contribution >= 4 is 11.8 Å². The number of rotatable bonds is 6. The fourth-order valence-corrected chi connectivity index (χ4v) is 2.11. The zero-order valence-electron chi connectivity index (χ0n) is 12.6. The number of hydrogen-bond acceptors (Lipinski definition) is 3. The van der Waals surface area contributed by atoms with Crippen molar-refractivity contribution in [2.45, 2.75) is 32.9 Å².